The van der Waals surface area contributed by atoms with Crippen molar-refractivity contribution in [1.82, 2.24) is 9.91 Å². The van der Waals surface area contributed by atoms with Crippen LogP contribution >= 0.6 is 0 Å². The number of aliphatic imine (C=N–C) groups is 1. The first-order valence-electron chi connectivity index (χ1n) is 14.7. The zero-order valence-corrected chi connectivity index (χ0v) is 25.4. The molecule has 0 aromatic heterocycles. The molecular formula is C33H48FN5O3. The van der Waals surface area contributed by atoms with Crippen LogP contribution in [0.2, 0.25) is 0 Å². The summed E-state index contributed by atoms with van der Waals surface area (Å²) >= 11 is 0. The third-order valence-electron chi connectivity index (χ3n) is 6.08. The Morgan fingerprint density at radius 3 is 2.57 bits per heavy atom. The molecule has 9 heteroatoms. The number of aliphatic hydroxyl groups excluding tert-OH is 1. The fraction of sp³-hybridized carbons (Fsp3) is 0.455. The Bertz CT molecular complexity index is 1100. The first-order chi connectivity index (χ1) is 20.4. The van der Waals surface area contributed by atoms with Gasteiger partial charge in [-0.2, -0.15) is 5.11 Å². The van der Waals surface area contributed by atoms with Crippen molar-refractivity contribution < 1.29 is 19.4 Å². The van der Waals surface area contributed by atoms with Crippen molar-refractivity contribution in [2.45, 2.75) is 77.9 Å². The predicted octanol–water partition coefficient (Wildman–Crippen LogP) is 7.99. The number of unbranched alkanes of at least 4 members (excludes halogenated alkanes) is 3. The van der Waals surface area contributed by atoms with Crippen molar-refractivity contribution in [2.75, 3.05) is 20.1 Å². The SMILES string of the molecule is C=C/C=C\C=C/CCC/C=C/N(C/C=C1/N=C(CCCCC(=O)O)N(C/C=C\C(F)=C/CC)C(O)/C1=C/CC)N=NC. The lowest BCUT2D eigenvalue weighted by atomic mass is 10.0. The van der Waals surface area contributed by atoms with Crippen molar-refractivity contribution in [3.05, 3.63) is 96.7 Å². The molecule has 1 unspecified atom stereocenters. The summed E-state index contributed by atoms with van der Waals surface area (Å²) in [6.45, 7) is 8.15. The second-order valence-corrected chi connectivity index (χ2v) is 9.49. The molecule has 0 aliphatic carbocycles. The quantitative estimate of drug-likeness (QED) is 0.0657. The number of carboxylic acid groups (broad SMARTS) is 1. The highest BCUT2D eigenvalue weighted by Gasteiger charge is 2.29. The maximum Gasteiger partial charge on any atom is 0.303 e. The number of aliphatic carboxylic acids is 1. The third-order valence-corrected chi connectivity index (χ3v) is 6.08. The number of aliphatic hydroxyl groups is 1. The van der Waals surface area contributed by atoms with Crippen LogP contribution in [0.1, 0.15) is 71.6 Å². The van der Waals surface area contributed by atoms with E-state index in [4.69, 9.17) is 10.1 Å². The van der Waals surface area contributed by atoms with Crippen molar-refractivity contribution in [3.8, 4) is 0 Å². The third kappa shape index (κ3) is 15.2. The Morgan fingerprint density at radius 2 is 1.88 bits per heavy atom. The van der Waals surface area contributed by atoms with Crippen LogP contribution in [0.3, 0.4) is 0 Å². The summed E-state index contributed by atoms with van der Waals surface area (Å²) in [4.78, 5) is 17.6. The number of carbonyl (C=O) groups is 1. The summed E-state index contributed by atoms with van der Waals surface area (Å²) in [5, 5.41) is 30.2. The predicted molar refractivity (Wildman–Crippen MR) is 170 cm³/mol. The summed E-state index contributed by atoms with van der Waals surface area (Å²) in [6, 6.07) is 0. The highest BCUT2D eigenvalue weighted by Crippen LogP contribution is 2.28. The van der Waals surface area contributed by atoms with Crippen LogP contribution < -0.4 is 0 Å². The summed E-state index contributed by atoms with van der Waals surface area (Å²) in [7, 11) is 1.61. The van der Waals surface area contributed by atoms with Crippen molar-refractivity contribution >= 4 is 11.8 Å². The molecule has 0 fully saturated rings. The van der Waals surface area contributed by atoms with E-state index in [0.29, 0.717) is 55.8 Å². The molecule has 0 bridgehead atoms. The van der Waals surface area contributed by atoms with E-state index in [2.05, 4.69) is 29.1 Å². The maximum atomic E-state index is 13.9. The molecule has 1 aliphatic rings. The number of hydrogen-bond donors (Lipinski definition) is 2. The van der Waals surface area contributed by atoms with E-state index >= 15 is 0 Å². The number of halogens is 1. The van der Waals surface area contributed by atoms with Gasteiger partial charge in [-0.05, 0) is 63.2 Å². The normalized spacial score (nSPS) is 18.6. The Hall–Kier alpha value is -3.85. The lowest BCUT2D eigenvalue weighted by Crippen LogP contribution is -2.45. The van der Waals surface area contributed by atoms with Gasteiger partial charge in [0.05, 0.1) is 19.3 Å². The van der Waals surface area contributed by atoms with Crippen LogP contribution in [-0.2, 0) is 4.79 Å². The Kier molecular flexibility index (Phi) is 19.6. The van der Waals surface area contributed by atoms with E-state index in [1.165, 1.54) is 12.2 Å². The second kappa shape index (κ2) is 22.8. The first kappa shape index (κ1) is 36.2. The van der Waals surface area contributed by atoms with Crippen LogP contribution in [0.25, 0.3) is 0 Å². The molecule has 1 rings (SSSR count). The molecule has 230 valence electrons. The second-order valence-electron chi connectivity index (χ2n) is 9.49. The number of hydrogen-bond acceptors (Lipinski definition) is 6. The van der Waals surface area contributed by atoms with Crippen molar-refractivity contribution in [2.24, 2.45) is 15.3 Å². The van der Waals surface area contributed by atoms with E-state index in [1.807, 2.05) is 50.4 Å². The van der Waals surface area contributed by atoms with Crippen LogP contribution in [0.5, 0.6) is 0 Å². The molecule has 1 atom stereocenters. The monoisotopic (exact) mass is 581 g/mol. The first-order valence-corrected chi connectivity index (χ1v) is 14.7. The summed E-state index contributed by atoms with van der Waals surface area (Å²) in [6.07, 6.45) is 26.8. The van der Waals surface area contributed by atoms with Gasteiger partial charge >= 0.3 is 5.97 Å². The molecule has 1 aliphatic heterocycles. The number of carboxylic acids is 1. The molecule has 42 heavy (non-hydrogen) atoms. The van der Waals surface area contributed by atoms with Crippen molar-refractivity contribution in [1.29, 1.82) is 0 Å². The minimum atomic E-state index is -0.975. The van der Waals surface area contributed by atoms with Gasteiger partial charge in [-0.1, -0.05) is 74.3 Å². The average Bonchev–Trinajstić information content (AvgIpc) is 2.96. The van der Waals surface area contributed by atoms with Gasteiger partial charge in [0.25, 0.3) is 0 Å². The zero-order valence-electron chi connectivity index (χ0n) is 25.4. The average molecular weight is 582 g/mol. The molecule has 0 amide bonds. The van der Waals surface area contributed by atoms with Gasteiger partial charge in [-0.25, -0.2) is 9.38 Å². The van der Waals surface area contributed by atoms with E-state index < -0.39 is 12.2 Å². The van der Waals surface area contributed by atoms with Gasteiger partial charge in [-0.3, -0.25) is 9.80 Å². The van der Waals surface area contributed by atoms with Gasteiger partial charge in [-0.15, -0.1) is 0 Å². The molecule has 0 aromatic rings. The Labute approximate surface area is 251 Å². The van der Waals surface area contributed by atoms with E-state index in [1.54, 1.807) is 29.1 Å². The Balaban J connectivity index is 3.14. The van der Waals surface area contributed by atoms with Crippen LogP contribution in [-0.4, -0.2) is 58.3 Å². The molecule has 0 aromatic carbocycles. The highest BCUT2D eigenvalue weighted by atomic mass is 19.1. The van der Waals surface area contributed by atoms with Crippen LogP contribution in [0.15, 0.2) is 112 Å². The molecule has 0 radical (unpaired) electrons. The topological polar surface area (TPSA) is 101 Å². The maximum absolute atomic E-state index is 13.9. The Morgan fingerprint density at radius 1 is 1.10 bits per heavy atom. The molecular weight excluding hydrogens is 533 g/mol. The smallest absolute Gasteiger partial charge is 0.303 e. The molecule has 0 spiro atoms. The fourth-order valence-corrected chi connectivity index (χ4v) is 4.10. The number of nitrogens with zero attached hydrogens (tertiary/aromatic N) is 5. The number of amidine groups is 1. The van der Waals surface area contributed by atoms with Crippen LogP contribution in [0, 0.1) is 0 Å². The lowest BCUT2D eigenvalue weighted by molar-refractivity contribution is -0.137. The minimum absolute atomic E-state index is 0.0679. The molecule has 0 saturated carbocycles. The largest absolute Gasteiger partial charge is 0.481 e. The molecule has 8 nitrogen and oxygen atoms in total. The van der Waals surface area contributed by atoms with Gasteiger partial charge in [0.15, 0.2) is 6.23 Å². The summed E-state index contributed by atoms with van der Waals surface area (Å²) < 4.78 is 13.9. The lowest BCUT2D eigenvalue weighted by Gasteiger charge is -2.36. The highest BCUT2D eigenvalue weighted by molar-refractivity contribution is 5.86. The standard InChI is InChI=1S/C33H48FN5O3/c1-5-8-9-10-11-12-13-14-17-25-38(37-35-4)27-24-30-29(20-7-3)33(42)39(26-18-21-28(34)19-6-2)31(36-30)22-15-16-23-32(40)41/h5,8-11,17-21,24-25,33,42H,1,6-7,12-16,22-23,26-27H2,2-4H3,(H,40,41)/b9-8-,11-10-,21-18-,25-17+,28-19+,29-20+,30-24+,37-35?. The van der Waals surface area contributed by atoms with Crippen LogP contribution in [0.4, 0.5) is 4.39 Å². The molecule has 2 N–H and O–H groups in total. The van der Waals surface area contributed by atoms with Gasteiger partial charge in [0.2, 0.25) is 0 Å². The molecule has 0 saturated heterocycles. The summed E-state index contributed by atoms with van der Waals surface area (Å²) in [5.74, 6) is -0.543. The minimum Gasteiger partial charge on any atom is -0.481 e. The fourth-order valence-electron chi connectivity index (χ4n) is 4.10. The molecule has 1 heterocycles. The summed E-state index contributed by atoms with van der Waals surface area (Å²) in [5.41, 5.74) is 1.30. The number of rotatable bonds is 20. The zero-order chi connectivity index (χ0) is 31.0. The van der Waals surface area contributed by atoms with E-state index in [9.17, 15) is 14.3 Å². The van der Waals surface area contributed by atoms with Gasteiger partial charge in [0.1, 0.15) is 11.7 Å². The van der Waals surface area contributed by atoms with E-state index in [-0.39, 0.29) is 18.8 Å². The number of allylic oxidation sites excluding steroid dienone is 10. The van der Waals surface area contributed by atoms with Crippen molar-refractivity contribution in [3.63, 3.8) is 0 Å². The van der Waals surface area contributed by atoms with Gasteiger partial charge in [0, 0.05) is 31.2 Å². The van der Waals surface area contributed by atoms with E-state index in [0.717, 1.165) is 19.3 Å². The van der Waals surface area contributed by atoms with Gasteiger partial charge < -0.3 is 15.1 Å².